The monoisotopic (exact) mass is 372 g/mol. The Morgan fingerprint density at radius 2 is 1.88 bits per heavy atom. The third kappa shape index (κ3) is 3.94. The van der Waals surface area contributed by atoms with Crippen molar-refractivity contribution in [2.75, 3.05) is 18.4 Å². The van der Waals surface area contributed by atoms with E-state index >= 15 is 0 Å². The highest BCUT2D eigenvalue weighted by atomic mass is 35.5. The van der Waals surface area contributed by atoms with E-state index in [1.165, 1.54) is 0 Å². The number of amides is 1. The quantitative estimate of drug-likeness (QED) is 0.673. The molecule has 3 aromatic rings. The minimum Gasteiger partial charge on any atom is -0.367 e. The molecule has 0 fully saturated rings. The number of benzene rings is 1. The third-order valence-electron chi connectivity index (χ3n) is 3.77. The van der Waals surface area contributed by atoms with E-state index < -0.39 is 0 Å². The van der Waals surface area contributed by atoms with E-state index in [1.807, 2.05) is 12.1 Å². The highest BCUT2D eigenvalue weighted by molar-refractivity contribution is 6.33. The van der Waals surface area contributed by atoms with Crippen LogP contribution in [-0.2, 0) is 5.41 Å². The second kappa shape index (κ2) is 7.29. The van der Waals surface area contributed by atoms with Crippen LogP contribution in [0.3, 0.4) is 0 Å². The summed E-state index contributed by atoms with van der Waals surface area (Å²) in [4.78, 5) is 12.1. The van der Waals surface area contributed by atoms with E-state index in [1.54, 1.807) is 28.8 Å². The van der Waals surface area contributed by atoms with Crippen LogP contribution in [0.25, 0.3) is 5.65 Å². The van der Waals surface area contributed by atoms with Crippen LogP contribution in [0, 0.1) is 0 Å². The number of hydrogen-bond acceptors (Lipinski definition) is 5. The topological polar surface area (TPSA) is 84.2 Å². The molecule has 2 aromatic heterocycles. The summed E-state index contributed by atoms with van der Waals surface area (Å²) in [5.74, 6) is 1.28. The summed E-state index contributed by atoms with van der Waals surface area (Å²) in [6, 6.07) is 10.7. The average molecular weight is 373 g/mol. The minimum absolute atomic E-state index is 0.159. The van der Waals surface area contributed by atoms with E-state index in [4.69, 9.17) is 11.6 Å². The highest BCUT2D eigenvalue weighted by Gasteiger charge is 2.21. The van der Waals surface area contributed by atoms with Gasteiger partial charge in [0, 0.05) is 18.5 Å². The van der Waals surface area contributed by atoms with Crippen molar-refractivity contribution < 1.29 is 4.79 Å². The fourth-order valence-electron chi connectivity index (χ4n) is 2.46. The van der Waals surface area contributed by atoms with Gasteiger partial charge in [-0.15, -0.1) is 15.3 Å². The largest absolute Gasteiger partial charge is 0.367 e. The molecule has 0 aliphatic rings. The maximum Gasteiger partial charge on any atom is 0.252 e. The summed E-state index contributed by atoms with van der Waals surface area (Å²) < 4.78 is 1.74. The zero-order valence-corrected chi connectivity index (χ0v) is 15.7. The summed E-state index contributed by atoms with van der Waals surface area (Å²) in [7, 11) is 0. The molecule has 3 rings (SSSR count). The smallest absolute Gasteiger partial charge is 0.252 e. The number of aromatic nitrogens is 4. The van der Waals surface area contributed by atoms with Gasteiger partial charge in [-0.25, -0.2) is 0 Å². The van der Waals surface area contributed by atoms with Gasteiger partial charge >= 0.3 is 0 Å². The fraction of sp³-hybridized carbons (Fsp3) is 0.333. The molecule has 26 heavy (non-hydrogen) atoms. The molecule has 0 atom stereocenters. The van der Waals surface area contributed by atoms with Gasteiger partial charge in [0.25, 0.3) is 5.91 Å². The van der Waals surface area contributed by atoms with Crippen molar-refractivity contribution in [1.29, 1.82) is 0 Å². The first kappa shape index (κ1) is 18.1. The Morgan fingerprint density at radius 3 is 2.62 bits per heavy atom. The van der Waals surface area contributed by atoms with E-state index in [9.17, 15) is 4.79 Å². The number of anilines is 1. The van der Waals surface area contributed by atoms with Gasteiger partial charge in [-0.1, -0.05) is 44.5 Å². The fourth-order valence-corrected chi connectivity index (χ4v) is 2.68. The Hall–Kier alpha value is -2.67. The zero-order valence-electron chi connectivity index (χ0n) is 15.0. The molecule has 1 amide bonds. The van der Waals surface area contributed by atoms with Gasteiger partial charge in [0.2, 0.25) is 0 Å². The van der Waals surface area contributed by atoms with Crippen molar-refractivity contribution in [2.24, 2.45) is 0 Å². The molecule has 2 heterocycles. The number of carbonyl (C=O) groups is 1. The molecular weight excluding hydrogens is 352 g/mol. The normalized spacial score (nSPS) is 11.5. The van der Waals surface area contributed by atoms with Gasteiger partial charge in [-0.2, -0.15) is 4.52 Å². The van der Waals surface area contributed by atoms with Crippen LogP contribution in [0.4, 0.5) is 5.82 Å². The van der Waals surface area contributed by atoms with Gasteiger partial charge in [-0.3, -0.25) is 4.79 Å². The summed E-state index contributed by atoms with van der Waals surface area (Å²) in [6.45, 7) is 7.17. The van der Waals surface area contributed by atoms with Crippen LogP contribution < -0.4 is 10.6 Å². The van der Waals surface area contributed by atoms with Crippen molar-refractivity contribution >= 4 is 29.0 Å². The molecular formula is C18H21ClN6O. The average Bonchev–Trinajstić information content (AvgIpc) is 3.02. The lowest BCUT2D eigenvalue weighted by molar-refractivity contribution is 0.0955. The van der Waals surface area contributed by atoms with E-state index in [0.29, 0.717) is 35.1 Å². The molecule has 1 aromatic carbocycles. The number of nitrogens with zero attached hydrogens (tertiary/aromatic N) is 4. The summed E-state index contributed by atoms with van der Waals surface area (Å²) in [6.07, 6.45) is 0. The number of halogens is 1. The van der Waals surface area contributed by atoms with Gasteiger partial charge < -0.3 is 10.6 Å². The second-order valence-corrected chi connectivity index (χ2v) is 7.33. The van der Waals surface area contributed by atoms with Crippen molar-refractivity contribution in [3.05, 3.63) is 52.8 Å². The first-order valence-electron chi connectivity index (χ1n) is 8.36. The van der Waals surface area contributed by atoms with Crippen LogP contribution in [0.5, 0.6) is 0 Å². The summed E-state index contributed by atoms with van der Waals surface area (Å²) in [5.41, 5.74) is 1.01. The van der Waals surface area contributed by atoms with Gasteiger partial charge in [0.05, 0.1) is 10.6 Å². The molecule has 0 radical (unpaired) electrons. The van der Waals surface area contributed by atoms with Crippen molar-refractivity contribution in [3.8, 4) is 0 Å². The molecule has 0 aliphatic heterocycles. The Balaban J connectivity index is 1.60. The maximum atomic E-state index is 12.1. The first-order valence-corrected chi connectivity index (χ1v) is 8.73. The van der Waals surface area contributed by atoms with Crippen LogP contribution >= 0.6 is 11.6 Å². The standard InChI is InChI=1S/C18H21ClN6O/c1-18(2,3)17-23-22-15-9-8-14(24-25(15)17)20-10-11-21-16(26)12-6-4-5-7-13(12)19/h4-9H,10-11H2,1-3H3,(H,20,24)(H,21,26). The molecule has 0 bridgehead atoms. The molecule has 2 N–H and O–H groups in total. The predicted molar refractivity (Wildman–Crippen MR) is 102 cm³/mol. The van der Waals surface area contributed by atoms with Crippen LogP contribution in [0.1, 0.15) is 37.0 Å². The molecule has 0 spiro atoms. The second-order valence-electron chi connectivity index (χ2n) is 6.92. The Bertz CT molecular complexity index is 931. The summed E-state index contributed by atoms with van der Waals surface area (Å²) >= 11 is 6.02. The van der Waals surface area contributed by atoms with Gasteiger partial charge in [0.1, 0.15) is 5.82 Å². The first-order chi connectivity index (χ1) is 12.4. The van der Waals surface area contributed by atoms with Crippen LogP contribution in [-0.4, -0.2) is 38.8 Å². The molecule has 0 saturated carbocycles. The Morgan fingerprint density at radius 1 is 1.12 bits per heavy atom. The number of carbonyl (C=O) groups excluding carboxylic acids is 1. The van der Waals surface area contributed by atoms with E-state index in [0.717, 1.165) is 5.82 Å². The number of nitrogens with one attached hydrogen (secondary N) is 2. The molecule has 7 nitrogen and oxygen atoms in total. The van der Waals surface area contributed by atoms with Crippen molar-refractivity contribution in [1.82, 2.24) is 25.1 Å². The van der Waals surface area contributed by atoms with Crippen molar-refractivity contribution in [2.45, 2.75) is 26.2 Å². The SMILES string of the molecule is CC(C)(C)c1nnc2ccc(NCCNC(=O)c3ccccc3Cl)nn12. The Kier molecular flexibility index (Phi) is 5.08. The maximum absolute atomic E-state index is 12.1. The molecule has 0 aliphatic carbocycles. The number of hydrogen-bond donors (Lipinski definition) is 2. The molecule has 8 heteroatoms. The number of fused-ring (bicyclic) bond motifs is 1. The lowest BCUT2D eigenvalue weighted by atomic mass is 9.96. The predicted octanol–water partition coefficient (Wildman–Crippen LogP) is 2.92. The lowest BCUT2D eigenvalue weighted by Crippen LogP contribution is -2.29. The zero-order chi connectivity index (χ0) is 18.7. The lowest BCUT2D eigenvalue weighted by Gasteiger charge is -2.15. The van der Waals surface area contributed by atoms with Gasteiger partial charge in [-0.05, 0) is 24.3 Å². The van der Waals surface area contributed by atoms with E-state index in [2.05, 4.69) is 46.7 Å². The van der Waals surface area contributed by atoms with Crippen LogP contribution in [0.15, 0.2) is 36.4 Å². The minimum atomic E-state index is -0.199. The Labute approximate surface area is 156 Å². The van der Waals surface area contributed by atoms with E-state index in [-0.39, 0.29) is 11.3 Å². The van der Waals surface area contributed by atoms with Crippen LogP contribution in [0.2, 0.25) is 5.02 Å². The molecule has 0 unspecified atom stereocenters. The van der Waals surface area contributed by atoms with Crippen molar-refractivity contribution in [3.63, 3.8) is 0 Å². The highest BCUT2D eigenvalue weighted by Crippen LogP contribution is 2.20. The summed E-state index contributed by atoms with van der Waals surface area (Å²) in [5, 5.41) is 19.4. The number of rotatable bonds is 5. The third-order valence-corrected chi connectivity index (χ3v) is 4.10. The molecule has 136 valence electrons. The van der Waals surface area contributed by atoms with Gasteiger partial charge in [0.15, 0.2) is 11.5 Å². The molecule has 0 saturated heterocycles.